The lowest BCUT2D eigenvalue weighted by molar-refractivity contribution is -0.114. The summed E-state index contributed by atoms with van der Waals surface area (Å²) >= 11 is 7.39. The standard InChI is InChI=1S/C23H12ClFN4O4S/c24-16-11-12(3-8-17(16)33-22(31)13-4-6-14(25)7-5-13)10-15-19(26)29-23(27-20(15)30)34-21(28-29)18-2-1-9-32-18/h1-11,26H/b15-10-,26-19?. The number of amidine groups is 2. The van der Waals surface area contributed by atoms with E-state index in [0.29, 0.717) is 16.4 Å². The number of fused-ring (bicyclic) bond motifs is 1. The highest BCUT2D eigenvalue weighted by Crippen LogP contribution is 2.32. The molecule has 0 radical (unpaired) electrons. The average Bonchev–Trinajstić information content (AvgIpc) is 3.49. The molecule has 8 nitrogen and oxygen atoms in total. The number of nitrogens with one attached hydrogen (secondary N) is 1. The summed E-state index contributed by atoms with van der Waals surface area (Å²) in [7, 11) is 0. The van der Waals surface area contributed by atoms with E-state index in [1.165, 1.54) is 41.6 Å². The second-order valence-electron chi connectivity index (χ2n) is 6.99. The van der Waals surface area contributed by atoms with Crippen molar-refractivity contribution < 1.29 is 23.1 Å². The van der Waals surface area contributed by atoms with Crippen molar-refractivity contribution in [3.63, 3.8) is 0 Å². The zero-order valence-electron chi connectivity index (χ0n) is 17.0. The number of furan rings is 1. The maximum Gasteiger partial charge on any atom is 0.343 e. The number of hydrogen-bond acceptors (Lipinski definition) is 7. The van der Waals surface area contributed by atoms with Gasteiger partial charge < -0.3 is 9.15 Å². The van der Waals surface area contributed by atoms with Crippen LogP contribution in [0.3, 0.4) is 0 Å². The fourth-order valence-corrected chi connectivity index (χ4v) is 4.18. The number of amides is 1. The van der Waals surface area contributed by atoms with Gasteiger partial charge in [-0.1, -0.05) is 17.7 Å². The van der Waals surface area contributed by atoms with Crippen LogP contribution in [0, 0.1) is 11.2 Å². The number of esters is 1. The van der Waals surface area contributed by atoms with E-state index in [4.69, 9.17) is 26.2 Å². The van der Waals surface area contributed by atoms with E-state index in [1.54, 1.807) is 18.2 Å². The van der Waals surface area contributed by atoms with Crippen molar-refractivity contribution in [3.05, 3.63) is 94.2 Å². The molecule has 0 fully saturated rings. The molecule has 34 heavy (non-hydrogen) atoms. The third-order valence-corrected chi connectivity index (χ3v) is 5.95. The largest absolute Gasteiger partial charge is 0.462 e. The van der Waals surface area contributed by atoms with Crippen molar-refractivity contribution in [1.29, 1.82) is 5.41 Å². The molecule has 0 bridgehead atoms. The van der Waals surface area contributed by atoms with E-state index in [-0.39, 0.29) is 32.9 Å². The number of hydrazone groups is 1. The van der Waals surface area contributed by atoms with E-state index in [0.717, 1.165) is 23.9 Å². The van der Waals surface area contributed by atoms with Crippen LogP contribution in [0.1, 0.15) is 21.7 Å². The minimum absolute atomic E-state index is 0.0147. The third kappa shape index (κ3) is 4.16. The van der Waals surface area contributed by atoms with E-state index in [1.807, 2.05) is 0 Å². The van der Waals surface area contributed by atoms with Crippen LogP contribution in [0.4, 0.5) is 4.39 Å². The van der Waals surface area contributed by atoms with Gasteiger partial charge in [0.1, 0.15) is 11.6 Å². The summed E-state index contributed by atoms with van der Waals surface area (Å²) in [5.41, 5.74) is 0.665. The molecule has 2 aromatic carbocycles. The van der Waals surface area contributed by atoms with Crippen molar-refractivity contribution in [1.82, 2.24) is 5.01 Å². The Kier molecular flexibility index (Phi) is 5.60. The number of hydrogen-bond donors (Lipinski definition) is 1. The molecular weight excluding hydrogens is 483 g/mol. The number of aliphatic imine (C=N–C) groups is 1. The summed E-state index contributed by atoms with van der Waals surface area (Å²) in [6.45, 7) is 0. The van der Waals surface area contributed by atoms with Gasteiger partial charge in [0.15, 0.2) is 16.6 Å². The zero-order valence-corrected chi connectivity index (χ0v) is 18.6. The summed E-state index contributed by atoms with van der Waals surface area (Å²) in [6, 6.07) is 12.9. The molecule has 0 saturated carbocycles. The molecule has 0 unspecified atom stereocenters. The maximum absolute atomic E-state index is 13.0. The first-order valence-electron chi connectivity index (χ1n) is 9.70. The first kappa shape index (κ1) is 21.8. The topological polar surface area (TPSA) is 108 Å². The van der Waals surface area contributed by atoms with E-state index >= 15 is 0 Å². The molecule has 0 atom stereocenters. The fourth-order valence-electron chi connectivity index (χ4n) is 3.09. The minimum atomic E-state index is -0.698. The van der Waals surface area contributed by atoms with Crippen molar-refractivity contribution in [2.75, 3.05) is 0 Å². The Bertz CT molecular complexity index is 1430. The molecule has 0 saturated heterocycles. The second kappa shape index (κ2) is 8.73. The number of benzene rings is 2. The van der Waals surface area contributed by atoms with Gasteiger partial charge in [-0.25, -0.2) is 9.18 Å². The van der Waals surface area contributed by atoms with Crippen molar-refractivity contribution in [2.45, 2.75) is 0 Å². The number of thioether (sulfide) groups is 1. The summed E-state index contributed by atoms with van der Waals surface area (Å²) in [6.07, 6.45) is 2.96. The molecule has 3 aromatic rings. The Labute approximate surface area is 200 Å². The maximum atomic E-state index is 13.0. The lowest BCUT2D eigenvalue weighted by Crippen LogP contribution is -2.35. The predicted molar refractivity (Wildman–Crippen MR) is 126 cm³/mol. The highest BCUT2D eigenvalue weighted by molar-refractivity contribution is 8.27. The van der Waals surface area contributed by atoms with Gasteiger partial charge >= 0.3 is 5.97 Å². The summed E-state index contributed by atoms with van der Waals surface area (Å²) < 4.78 is 23.6. The van der Waals surface area contributed by atoms with Crippen LogP contribution in [-0.4, -0.2) is 32.9 Å². The van der Waals surface area contributed by atoms with Crippen LogP contribution in [0.25, 0.3) is 6.08 Å². The molecule has 0 aliphatic carbocycles. The Morgan fingerprint density at radius 1 is 1.21 bits per heavy atom. The number of carbonyl (C=O) groups excluding carboxylic acids is 2. The number of ether oxygens (including phenoxy) is 1. The molecule has 0 spiro atoms. The second-order valence-corrected chi connectivity index (χ2v) is 8.35. The molecule has 168 valence electrons. The molecule has 3 heterocycles. The minimum Gasteiger partial charge on any atom is -0.462 e. The summed E-state index contributed by atoms with van der Waals surface area (Å²) in [4.78, 5) is 28.9. The van der Waals surface area contributed by atoms with Gasteiger partial charge in [0, 0.05) is 0 Å². The Balaban J connectivity index is 1.37. The smallest absolute Gasteiger partial charge is 0.343 e. The van der Waals surface area contributed by atoms with Gasteiger partial charge in [0.2, 0.25) is 5.17 Å². The monoisotopic (exact) mass is 494 g/mol. The molecule has 1 N–H and O–H groups in total. The van der Waals surface area contributed by atoms with Crippen molar-refractivity contribution in [2.24, 2.45) is 10.1 Å². The number of carbonyl (C=O) groups is 2. The van der Waals surface area contributed by atoms with Gasteiger partial charge in [-0.05, 0) is 71.9 Å². The predicted octanol–water partition coefficient (Wildman–Crippen LogP) is 4.96. The first-order valence-corrected chi connectivity index (χ1v) is 10.9. The van der Waals surface area contributed by atoms with Crippen molar-refractivity contribution >= 4 is 57.4 Å². The molecule has 5 rings (SSSR count). The zero-order chi connectivity index (χ0) is 23.8. The fraction of sp³-hybridized carbons (Fsp3) is 0. The van der Waals surface area contributed by atoms with Crippen LogP contribution in [0.2, 0.25) is 5.02 Å². The number of rotatable bonds is 4. The Morgan fingerprint density at radius 2 is 2.00 bits per heavy atom. The van der Waals surface area contributed by atoms with Crippen LogP contribution in [-0.2, 0) is 4.79 Å². The van der Waals surface area contributed by atoms with E-state index < -0.39 is 17.7 Å². The lowest BCUT2D eigenvalue weighted by atomic mass is 10.1. The van der Waals surface area contributed by atoms with Crippen LogP contribution in [0.5, 0.6) is 5.75 Å². The SMILES string of the molecule is N=C1/C(=C/c2ccc(OC(=O)c3ccc(F)cc3)c(Cl)c2)C(=O)N=C2SC(c3ccco3)=NN12. The number of nitrogens with zero attached hydrogens (tertiary/aromatic N) is 3. The molecule has 1 amide bonds. The van der Waals surface area contributed by atoms with Crippen molar-refractivity contribution in [3.8, 4) is 5.75 Å². The molecular formula is C23H12ClFN4O4S. The van der Waals surface area contributed by atoms with Crippen LogP contribution < -0.4 is 4.74 Å². The lowest BCUT2D eigenvalue weighted by Gasteiger charge is -2.20. The first-order chi connectivity index (χ1) is 16.4. The molecule has 2 aliphatic rings. The van der Waals surface area contributed by atoms with Gasteiger partial charge in [0.25, 0.3) is 5.91 Å². The van der Waals surface area contributed by atoms with Gasteiger partial charge in [-0.15, -0.1) is 0 Å². The van der Waals surface area contributed by atoms with Gasteiger partial charge in [0.05, 0.1) is 22.4 Å². The quantitative estimate of drug-likeness (QED) is 0.312. The third-order valence-electron chi connectivity index (χ3n) is 4.74. The van der Waals surface area contributed by atoms with Gasteiger partial charge in [-0.2, -0.15) is 15.1 Å². The number of halogens is 2. The van der Waals surface area contributed by atoms with Gasteiger partial charge in [-0.3, -0.25) is 10.2 Å². The summed E-state index contributed by atoms with van der Waals surface area (Å²) in [5, 5.41) is 14.9. The molecule has 2 aliphatic heterocycles. The highest BCUT2D eigenvalue weighted by Gasteiger charge is 2.36. The Hall–Kier alpha value is -4.02. The normalized spacial score (nSPS) is 16.4. The summed E-state index contributed by atoms with van der Waals surface area (Å²) in [5.74, 6) is -1.32. The Morgan fingerprint density at radius 3 is 2.71 bits per heavy atom. The van der Waals surface area contributed by atoms with E-state index in [2.05, 4.69) is 10.1 Å². The molecule has 11 heteroatoms. The van der Waals surface area contributed by atoms with Crippen LogP contribution >= 0.6 is 23.4 Å². The molecule has 1 aromatic heterocycles. The highest BCUT2D eigenvalue weighted by atomic mass is 35.5. The van der Waals surface area contributed by atoms with E-state index in [9.17, 15) is 14.0 Å². The average molecular weight is 495 g/mol. The van der Waals surface area contributed by atoms with Crippen LogP contribution in [0.15, 0.2) is 80.9 Å².